The Bertz CT molecular complexity index is 308. The summed E-state index contributed by atoms with van der Waals surface area (Å²) in [7, 11) is 0. The number of ether oxygens (including phenoxy) is 1. The molecule has 0 spiro atoms. The zero-order chi connectivity index (χ0) is 14.1. The van der Waals surface area contributed by atoms with Crippen molar-refractivity contribution in [3.63, 3.8) is 0 Å². The van der Waals surface area contributed by atoms with Crippen LogP contribution in [0.25, 0.3) is 0 Å². The van der Waals surface area contributed by atoms with Gasteiger partial charge in [0, 0.05) is 6.04 Å². The van der Waals surface area contributed by atoms with Crippen LogP contribution in [0, 0.1) is 0 Å². The molecule has 0 saturated carbocycles. The Kier molecular flexibility index (Phi) is 7.25. The molecule has 0 rings (SSSR count). The number of hydrogen-bond acceptors (Lipinski definition) is 4. The number of rotatable bonds is 7. The largest absolute Gasteiger partial charge is 0.480 e. The quantitative estimate of drug-likeness (QED) is 0.556. The van der Waals surface area contributed by atoms with Crippen molar-refractivity contribution in [2.24, 2.45) is 5.73 Å². The minimum atomic E-state index is -1.08. The van der Waals surface area contributed by atoms with Gasteiger partial charge in [-0.1, -0.05) is 6.92 Å². The van der Waals surface area contributed by atoms with E-state index in [9.17, 15) is 14.4 Å². The molecule has 0 heterocycles. The van der Waals surface area contributed by atoms with Crippen molar-refractivity contribution < 1.29 is 24.2 Å². The molecule has 0 aliphatic carbocycles. The van der Waals surface area contributed by atoms with Crippen molar-refractivity contribution in [1.29, 1.82) is 0 Å². The maximum Gasteiger partial charge on any atom is 0.404 e. The van der Waals surface area contributed by atoms with E-state index in [1.165, 1.54) is 4.90 Å². The normalized spacial score (nSPS) is 11.4. The summed E-state index contributed by atoms with van der Waals surface area (Å²) in [4.78, 5) is 33.8. The lowest BCUT2D eigenvalue weighted by Crippen LogP contribution is -2.48. The summed E-state index contributed by atoms with van der Waals surface area (Å²) in [5.74, 6) is -1.08. The molecular weight excluding hydrogens is 242 g/mol. The van der Waals surface area contributed by atoms with Crippen LogP contribution in [0.1, 0.15) is 20.3 Å². The first-order valence-electron chi connectivity index (χ1n) is 5.57. The summed E-state index contributed by atoms with van der Waals surface area (Å²) in [5, 5.41) is 11.2. The monoisotopic (exact) mass is 261 g/mol. The molecule has 0 bridgehead atoms. The van der Waals surface area contributed by atoms with Gasteiger partial charge in [-0.15, -0.1) is 0 Å². The lowest BCUT2D eigenvalue weighted by atomic mass is 10.2. The van der Waals surface area contributed by atoms with E-state index >= 15 is 0 Å². The predicted octanol–water partition coefficient (Wildman–Crippen LogP) is -0.0236. The molecule has 0 fully saturated rings. The number of nitrogens with zero attached hydrogens (tertiary/aromatic N) is 1. The van der Waals surface area contributed by atoms with Crippen LogP contribution in [0.3, 0.4) is 0 Å². The lowest BCUT2D eigenvalue weighted by Gasteiger charge is -2.26. The topological polar surface area (TPSA) is 122 Å². The third-order valence-corrected chi connectivity index (χ3v) is 2.31. The second kappa shape index (κ2) is 8.15. The Balaban J connectivity index is 4.21. The summed E-state index contributed by atoms with van der Waals surface area (Å²) in [6.07, 6.45) is -0.285. The highest BCUT2D eigenvalue weighted by Crippen LogP contribution is 2.03. The van der Waals surface area contributed by atoms with Gasteiger partial charge < -0.3 is 25.8 Å². The molecule has 0 aromatic carbocycles. The summed E-state index contributed by atoms with van der Waals surface area (Å²) >= 11 is 0. The second-order valence-corrected chi connectivity index (χ2v) is 3.68. The summed E-state index contributed by atoms with van der Waals surface area (Å²) < 4.78 is 4.43. The Morgan fingerprint density at radius 2 is 2.06 bits per heavy atom. The molecule has 0 aromatic heterocycles. The van der Waals surface area contributed by atoms with Gasteiger partial charge in [0.2, 0.25) is 0 Å². The van der Waals surface area contributed by atoms with Crippen molar-refractivity contribution in [1.82, 2.24) is 10.2 Å². The Morgan fingerprint density at radius 1 is 1.44 bits per heavy atom. The van der Waals surface area contributed by atoms with Gasteiger partial charge in [0.1, 0.15) is 13.2 Å². The fourth-order valence-electron chi connectivity index (χ4n) is 1.21. The first-order valence-corrected chi connectivity index (χ1v) is 5.57. The van der Waals surface area contributed by atoms with Crippen molar-refractivity contribution in [3.05, 3.63) is 0 Å². The van der Waals surface area contributed by atoms with Crippen LogP contribution >= 0.6 is 0 Å². The predicted molar refractivity (Wildman–Crippen MR) is 63.0 cm³/mol. The molecule has 0 aliphatic heterocycles. The van der Waals surface area contributed by atoms with E-state index in [0.717, 1.165) is 0 Å². The molecule has 8 nitrogen and oxygen atoms in total. The molecule has 1 unspecified atom stereocenters. The number of carbonyl (C=O) groups excluding carboxylic acids is 2. The Hall–Kier alpha value is -1.99. The minimum absolute atomic E-state index is 0.0531. The fraction of sp³-hybridized carbons (Fsp3) is 0.700. The molecule has 4 N–H and O–H groups in total. The number of aliphatic carboxylic acids is 1. The second-order valence-electron chi connectivity index (χ2n) is 3.68. The van der Waals surface area contributed by atoms with Crippen LogP contribution in [0.2, 0.25) is 0 Å². The zero-order valence-corrected chi connectivity index (χ0v) is 10.5. The molecule has 3 amide bonds. The molecule has 0 radical (unpaired) electrons. The number of amides is 3. The highest BCUT2D eigenvalue weighted by molar-refractivity contribution is 5.80. The van der Waals surface area contributed by atoms with Crippen molar-refractivity contribution >= 4 is 18.1 Å². The Morgan fingerprint density at radius 3 is 2.50 bits per heavy atom. The molecule has 8 heteroatoms. The van der Waals surface area contributed by atoms with Gasteiger partial charge in [-0.25, -0.2) is 9.59 Å². The van der Waals surface area contributed by atoms with E-state index in [0.29, 0.717) is 6.42 Å². The number of urea groups is 1. The Labute approximate surface area is 105 Å². The first kappa shape index (κ1) is 16.0. The summed E-state index contributed by atoms with van der Waals surface area (Å²) in [5.41, 5.74) is 4.74. The van der Waals surface area contributed by atoms with Crippen molar-refractivity contribution in [3.8, 4) is 0 Å². The number of primary amides is 1. The molecular formula is C10H19N3O5. The number of nitrogens with two attached hydrogens (primary N) is 1. The first-order chi connectivity index (χ1) is 8.38. The van der Waals surface area contributed by atoms with Gasteiger partial charge in [-0.2, -0.15) is 0 Å². The number of nitrogens with one attached hydrogen (secondary N) is 1. The molecule has 1 atom stereocenters. The summed E-state index contributed by atoms with van der Waals surface area (Å²) in [6, 6.07) is -0.710. The SMILES string of the molecule is CCC(C)N(CC(=O)O)C(=O)NCCOC(N)=O. The molecule has 0 saturated heterocycles. The van der Waals surface area contributed by atoms with Gasteiger partial charge >= 0.3 is 18.1 Å². The van der Waals surface area contributed by atoms with Crippen LogP contribution in [0.15, 0.2) is 0 Å². The van der Waals surface area contributed by atoms with Gasteiger partial charge in [0.15, 0.2) is 0 Å². The minimum Gasteiger partial charge on any atom is -0.480 e. The maximum atomic E-state index is 11.7. The van der Waals surface area contributed by atoms with Gasteiger partial charge in [-0.05, 0) is 13.3 Å². The third-order valence-electron chi connectivity index (χ3n) is 2.31. The van der Waals surface area contributed by atoms with E-state index in [1.54, 1.807) is 6.92 Å². The average molecular weight is 261 g/mol. The smallest absolute Gasteiger partial charge is 0.404 e. The number of carboxylic acids is 1. The third kappa shape index (κ3) is 6.56. The van der Waals surface area contributed by atoms with Crippen molar-refractivity contribution in [2.45, 2.75) is 26.3 Å². The number of carbonyl (C=O) groups is 3. The molecule has 0 aliphatic rings. The maximum absolute atomic E-state index is 11.7. The van der Waals surface area contributed by atoms with Crippen LogP contribution in [0.5, 0.6) is 0 Å². The number of hydrogen-bond donors (Lipinski definition) is 3. The van der Waals surface area contributed by atoms with E-state index in [-0.39, 0.29) is 25.7 Å². The van der Waals surface area contributed by atoms with Crippen LogP contribution < -0.4 is 11.1 Å². The van der Waals surface area contributed by atoms with E-state index in [1.807, 2.05) is 6.92 Å². The van der Waals surface area contributed by atoms with Gasteiger partial charge in [-0.3, -0.25) is 4.79 Å². The lowest BCUT2D eigenvalue weighted by molar-refractivity contribution is -0.138. The van der Waals surface area contributed by atoms with Crippen LogP contribution in [-0.2, 0) is 9.53 Å². The van der Waals surface area contributed by atoms with Gasteiger partial charge in [0.25, 0.3) is 0 Å². The number of carboxylic acid groups (broad SMARTS) is 1. The fourth-order valence-corrected chi connectivity index (χ4v) is 1.21. The van der Waals surface area contributed by atoms with E-state index in [2.05, 4.69) is 10.1 Å². The molecule has 18 heavy (non-hydrogen) atoms. The zero-order valence-electron chi connectivity index (χ0n) is 10.5. The van der Waals surface area contributed by atoms with E-state index in [4.69, 9.17) is 10.8 Å². The van der Waals surface area contributed by atoms with Crippen LogP contribution in [0.4, 0.5) is 9.59 Å². The van der Waals surface area contributed by atoms with Crippen molar-refractivity contribution in [2.75, 3.05) is 19.7 Å². The average Bonchev–Trinajstić information content (AvgIpc) is 2.29. The van der Waals surface area contributed by atoms with Gasteiger partial charge in [0.05, 0.1) is 6.54 Å². The van der Waals surface area contributed by atoms with Crippen LogP contribution in [-0.4, -0.2) is 53.8 Å². The highest BCUT2D eigenvalue weighted by atomic mass is 16.5. The standard InChI is InChI=1S/C10H19N3O5/c1-3-7(2)13(6-8(14)15)10(17)12-4-5-18-9(11)16/h7H,3-6H2,1-2H3,(H2,11,16)(H,12,17)(H,14,15). The summed E-state index contributed by atoms with van der Waals surface area (Å²) in [6.45, 7) is 3.25. The highest BCUT2D eigenvalue weighted by Gasteiger charge is 2.20. The molecule has 0 aromatic rings. The molecule has 104 valence electrons. The van der Waals surface area contributed by atoms with E-state index < -0.39 is 18.1 Å².